The van der Waals surface area contributed by atoms with Crippen molar-refractivity contribution in [3.8, 4) is 11.3 Å². The van der Waals surface area contributed by atoms with E-state index in [1.165, 1.54) is 36.2 Å². The zero-order valence-electron chi connectivity index (χ0n) is 25.9. The first-order chi connectivity index (χ1) is 22.3. The Bertz CT molecular complexity index is 1740. The van der Waals surface area contributed by atoms with Gasteiger partial charge in [-0.25, -0.2) is 9.97 Å². The number of rotatable bonds is 10. The number of carboxylic acid groups (broad SMARTS) is 1. The summed E-state index contributed by atoms with van der Waals surface area (Å²) in [5, 5.41) is 32.6. The van der Waals surface area contributed by atoms with Gasteiger partial charge in [0.05, 0.1) is 29.1 Å². The average molecular weight is 660 g/mol. The molecule has 17 heteroatoms. The molecule has 4 heterocycles. The Morgan fingerprint density at radius 2 is 1.91 bits per heavy atom. The molecule has 0 aliphatic carbocycles. The van der Waals surface area contributed by atoms with Gasteiger partial charge in [-0.15, -0.1) is 0 Å². The van der Waals surface area contributed by atoms with Gasteiger partial charge in [-0.1, -0.05) is 13.8 Å². The molecule has 1 aliphatic rings. The highest BCUT2D eigenvalue weighted by Crippen LogP contribution is 2.36. The predicted molar refractivity (Wildman–Crippen MR) is 165 cm³/mol. The molecule has 0 radical (unpaired) electrons. The summed E-state index contributed by atoms with van der Waals surface area (Å²) in [6.07, 6.45) is 2.44. The summed E-state index contributed by atoms with van der Waals surface area (Å²) in [6, 6.07) is 4.71. The lowest BCUT2D eigenvalue weighted by molar-refractivity contribution is -0.141. The molecule has 5 rings (SSSR count). The van der Waals surface area contributed by atoms with Crippen LogP contribution in [0.1, 0.15) is 48.3 Å². The third kappa shape index (κ3) is 8.04. The summed E-state index contributed by atoms with van der Waals surface area (Å²) >= 11 is 0. The largest absolute Gasteiger partial charge is 0.483 e. The minimum absolute atomic E-state index is 0.105. The number of halogens is 3. The van der Waals surface area contributed by atoms with Gasteiger partial charge in [-0.3, -0.25) is 23.5 Å². The van der Waals surface area contributed by atoms with E-state index in [4.69, 9.17) is 9.90 Å². The number of β-amino-alcohol motifs (C(OH)–C–C–N with tert-alkyl or cyclic N) is 1. The Labute approximate surface area is 267 Å². The number of anilines is 2. The summed E-state index contributed by atoms with van der Waals surface area (Å²) in [7, 11) is 1.42. The second-order valence-electron chi connectivity index (χ2n) is 10.9. The van der Waals surface area contributed by atoms with E-state index in [1.807, 2.05) is 13.8 Å². The van der Waals surface area contributed by atoms with Crippen LogP contribution in [0.5, 0.6) is 0 Å². The van der Waals surface area contributed by atoms with Crippen LogP contribution in [-0.4, -0.2) is 83.9 Å². The number of hydrogen-bond donors (Lipinski definition) is 6. The van der Waals surface area contributed by atoms with Gasteiger partial charge in [0.2, 0.25) is 5.91 Å². The van der Waals surface area contributed by atoms with Gasteiger partial charge in [0.15, 0.2) is 17.2 Å². The fraction of sp³-hybridized carbons (Fsp3) is 0.400. The molecule has 4 aromatic rings. The Balaban J connectivity index is 0.00000160. The van der Waals surface area contributed by atoms with Crippen LogP contribution in [0.2, 0.25) is 0 Å². The van der Waals surface area contributed by atoms with Crippen LogP contribution in [-0.2, 0) is 29.2 Å². The second-order valence-corrected chi connectivity index (χ2v) is 10.9. The van der Waals surface area contributed by atoms with Gasteiger partial charge in [0, 0.05) is 62.9 Å². The minimum atomic E-state index is -4.64. The summed E-state index contributed by atoms with van der Waals surface area (Å²) in [5.74, 6) is -0.194. The van der Waals surface area contributed by atoms with Crippen molar-refractivity contribution in [2.45, 2.75) is 50.9 Å². The Morgan fingerprint density at radius 3 is 2.57 bits per heavy atom. The molecular formula is C30H36F3N9O5. The third-order valence-electron chi connectivity index (χ3n) is 7.74. The molecule has 2 atom stereocenters. The number of imidazole rings is 1. The van der Waals surface area contributed by atoms with E-state index in [0.29, 0.717) is 48.5 Å². The summed E-state index contributed by atoms with van der Waals surface area (Å²) in [6.45, 7) is 4.36. The third-order valence-corrected chi connectivity index (χ3v) is 7.74. The number of fused-ring (bicyclic) bond motifs is 1. The summed E-state index contributed by atoms with van der Waals surface area (Å²) in [5.41, 5.74) is 0.382. The maximum Gasteiger partial charge on any atom is 0.435 e. The van der Waals surface area contributed by atoms with Crippen LogP contribution < -0.4 is 21.3 Å². The lowest BCUT2D eigenvalue weighted by Gasteiger charge is -2.18. The maximum atomic E-state index is 13.6. The molecule has 1 saturated heterocycles. The van der Waals surface area contributed by atoms with Crippen LogP contribution in [0.25, 0.3) is 16.9 Å². The van der Waals surface area contributed by atoms with Gasteiger partial charge < -0.3 is 31.5 Å². The zero-order valence-corrected chi connectivity index (χ0v) is 25.9. The molecule has 252 valence electrons. The number of aromatic nitrogens is 5. The number of aliphatic hydroxyl groups is 1. The van der Waals surface area contributed by atoms with E-state index in [-0.39, 0.29) is 42.6 Å². The number of hydrogen-bond acceptors (Lipinski definition) is 9. The molecule has 47 heavy (non-hydrogen) atoms. The van der Waals surface area contributed by atoms with Gasteiger partial charge in [0.25, 0.3) is 12.4 Å². The van der Waals surface area contributed by atoms with E-state index in [1.54, 1.807) is 18.2 Å². The van der Waals surface area contributed by atoms with Crippen molar-refractivity contribution >= 4 is 35.4 Å². The molecule has 14 nitrogen and oxygen atoms in total. The number of nitrogens with zero attached hydrogens (tertiary/aromatic N) is 5. The highest BCUT2D eigenvalue weighted by molar-refractivity contribution is 5.96. The van der Waals surface area contributed by atoms with E-state index < -0.39 is 23.5 Å². The Morgan fingerprint density at radius 1 is 1.19 bits per heavy atom. The first-order valence-electron chi connectivity index (χ1n) is 14.8. The van der Waals surface area contributed by atoms with Crippen molar-refractivity contribution < 1.29 is 37.8 Å². The Hall–Kier alpha value is -5.03. The summed E-state index contributed by atoms with van der Waals surface area (Å²) in [4.78, 5) is 42.3. The number of nitrogens with one attached hydrogen (secondary N) is 4. The number of aryl methyl sites for hydroxylation is 2. The monoisotopic (exact) mass is 659 g/mol. The van der Waals surface area contributed by atoms with Crippen molar-refractivity contribution in [1.29, 1.82) is 0 Å². The van der Waals surface area contributed by atoms with Gasteiger partial charge in [-0.2, -0.15) is 18.3 Å². The van der Waals surface area contributed by atoms with Gasteiger partial charge in [0.1, 0.15) is 0 Å². The summed E-state index contributed by atoms with van der Waals surface area (Å²) < 4.78 is 43.4. The first kappa shape index (κ1) is 34.8. The van der Waals surface area contributed by atoms with Crippen LogP contribution >= 0.6 is 0 Å². The minimum Gasteiger partial charge on any atom is -0.483 e. The van der Waals surface area contributed by atoms with E-state index in [0.717, 1.165) is 10.2 Å². The van der Waals surface area contributed by atoms with Crippen LogP contribution in [0.15, 0.2) is 43.0 Å². The highest BCUT2D eigenvalue weighted by atomic mass is 19.4. The Kier molecular flexibility index (Phi) is 10.8. The smallest absolute Gasteiger partial charge is 0.435 e. The van der Waals surface area contributed by atoms with Gasteiger partial charge >= 0.3 is 6.18 Å². The van der Waals surface area contributed by atoms with Crippen LogP contribution in [0, 0.1) is 0 Å². The number of benzene rings is 1. The van der Waals surface area contributed by atoms with Crippen molar-refractivity contribution in [2.75, 3.05) is 25.0 Å². The SMILES string of the molecule is CCc1cc(Nc2nccn3c(-c4cn(C)nc4C(F)(F)F)cnc23)ccc1C(=O)NCCNC(=O)[C@@H]1C[C@@](O)(CC)CN1.O=CO. The molecule has 6 N–H and O–H groups in total. The quantitative estimate of drug-likeness (QED) is 0.109. The first-order valence-corrected chi connectivity index (χ1v) is 14.8. The molecule has 1 fully saturated rings. The maximum absolute atomic E-state index is 13.6. The number of amides is 2. The molecule has 1 aromatic carbocycles. The van der Waals surface area contributed by atoms with E-state index >= 15 is 0 Å². The standard InChI is InChI=1S/C29H34F3N9O3.CH2O2/c1-4-17-12-18(6-7-19(17)26(42)34-8-9-35-27(43)21-13-28(44,5-2)16-37-21)38-24-25-36-14-22(41(25)11-10-33-24)20-15-40(3)39-23(20)29(30,31)32;2-1-3/h6-7,10-12,14-15,21,37,44H,4-5,8-9,13,16H2,1-3H3,(H,33,38)(H,34,42)(H,35,43);1H,(H,2,3)/t21-,28-;/m0./s1. The molecule has 0 spiro atoms. The molecule has 1 aliphatic heterocycles. The predicted octanol–water partition coefficient (Wildman–Crippen LogP) is 2.50. The van der Waals surface area contributed by atoms with Crippen molar-refractivity contribution in [1.82, 2.24) is 40.1 Å². The lowest BCUT2D eigenvalue weighted by atomic mass is 9.97. The zero-order chi connectivity index (χ0) is 34.4. The van der Waals surface area contributed by atoms with Crippen LogP contribution in [0.4, 0.5) is 24.7 Å². The fourth-order valence-electron chi connectivity index (χ4n) is 5.29. The fourth-order valence-corrected chi connectivity index (χ4v) is 5.29. The molecule has 0 saturated carbocycles. The second kappa shape index (κ2) is 14.6. The van der Waals surface area contributed by atoms with Crippen molar-refractivity contribution in [3.63, 3.8) is 0 Å². The molecule has 0 unspecified atom stereocenters. The number of carbonyl (C=O) groups excluding carboxylic acids is 2. The normalized spacial score (nSPS) is 17.6. The average Bonchev–Trinajstić information content (AvgIpc) is 3.76. The molecule has 3 aromatic heterocycles. The van der Waals surface area contributed by atoms with Gasteiger partial charge in [-0.05, 0) is 36.6 Å². The van der Waals surface area contributed by atoms with E-state index in [9.17, 15) is 27.9 Å². The van der Waals surface area contributed by atoms with Crippen LogP contribution in [0.3, 0.4) is 0 Å². The highest BCUT2D eigenvalue weighted by Gasteiger charge is 2.39. The number of alkyl halides is 3. The van der Waals surface area contributed by atoms with Crippen molar-refractivity contribution in [2.24, 2.45) is 7.05 Å². The molecular weight excluding hydrogens is 623 g/mol. The number of carbonyl (C=O) groups is 3. The molecule has 0 bridgehead atoms. The molecule has 2 amide bonds. The topological polar surface area (TPSA) is 188 Å². The lowest BCUT2D eigenvalue weighted by Crippen LogP contribution is -2.43. The van der Waals surface area contributed by atoms with E-state index in [2.05, 4.69) is 36.3 Å². The van der Waals surface area contributed by atoms with Crippen molar-refractivity contribution in [3.05, 3.63) is 59.8 Å².